The summed E-state index contributed by atoms with van der Waals surface area (Å²) in [5.41, 5.74) is 7.31. The van der Waals surface area contributed by atoms with E-state index in [2.05, 4.69) is 12.2 Å². The molecule has 0 bridgehead atoms. The highest BCUT2D eigenvalue weighted by atomic mass is 16.5. The SMILES string of the molecule is CCC(C)Oc1ccc2c(c1)NC(=O)C2N. The van der Waals surface area contributed by atoms with E-state index in [1.54, 1.807) is 0 Å². The van der Waals surface area contributed by atoms with Gasteiger partial charge in [-0.15, -0.1) is 0 Å². The highest BCUT2D eigenvalue weighted by Gasteiger charge is 2.27. The molecule has 2 atom stereocenters. The first-order valence-corrected chi connectivity index (χ1v) is 5.49. The average molecular weight is 220 g/mol. The van der Waals surface area contributed by atoms with Crippen LogP contribution in [0.4, 0.5) is 5.69 Å². The van der Waals surface area contributed by atoms with Crippen molar-refractivity contribution in [2.45, 2.75) is 32.4 Å². The fourth-order valence-corrected chi connectivity index (χ4v) is 1.66. The lowest BCUT2D eigenvalue weighted by molar-refractivity contribution is -0.116. The zero-order valence-electron chi connectivity index (χ0n) is 9.49. The number of fused-ring (bicyclic) bond motifs is 1. The standard InChI is InChI=1S/C12H16N2O2/c1-3-7(2)16-8-4-5-9-10(6-8)14-12(15)11(9)13/h4-7,11H,3,13H2,1-2H3,(H,14,15). The quantitative estimate of drug-likeness (QED) is 0.816. The van der Waals surface area contributed by atoms with Crippen LogP contribution in [0, 0.1) is 0 Å². The van der Waals surface area contributed by atoms with Gasteiger partial charge in [0.15, 0.2) is 0 Å². The third-order valence-corrected chi connectivity index (χ3v) is 2.81. The van der Waals surface area contributed by atoms with Crippen LogP contribution in [-0.4, -0.2) is 12.0 Å². The number of anilines is 1. The van der Waals surface area contributed by atoms with Gasteiger partial charge in [0.25, 0.3) is 0 Å². The molecular weight excluding hydrogens is 204 g/mol. The predicted molar refractivity (Wildman–Crippen MR) is 62.4 cm³/mol. The molecule has 1 heterocycles. The van der Waals surface area contributed by atoms with Crippen molar-refractivity contribution in [1.29, 1.82) is 0 Å². The molecule has 16 heavy (non-hydrogen) atoms. The van der Waals surface area contributed by atoms with Crippen LogP contribution in [0.3, 0.4) is 0 Å². The van der Waals surface area contributed by atoms with Crippen LogP contribution in [-0.2, 0) is 4.79 Å². The van der Waals surface area contributed by atoms with Gasteiger partial charge >= 0.3 is 0 Å². The molecule has 1 aliphatic rings. The molecule has 1 amide bonds. The highest BCUT2D eigenvalue weighted by Crippen LogP contribution is 2.32. The van der Waals surface area contributed by atoms with Gasteiger partial charge in [-0.25, -0.2) is 0 Å². The third-order valence-electron chi connectivity index (χ3n) is 2.81. The molecule has 4 heteroatoms. The number of carbonyl (C=O) groups is 1. The molecule has 0 aliphatic carbocycles. The Hall–Kier alpha value is -1.55. The van der Waals surface area contributed by atoms with Crippen LogP contribution >= 0.6 is 0 Å². The third kappa shape index (κ3) is 1.88. The first-order chi connectivity index (χ1) is 7.61. The van der Waals surface area contributed by atoms with Crippen LogP contribution < -0.4 is 15.8 Å². The van der Waals surface area contributed by atoms with Gasteiger partial charge in [-0.3, -0.25) is 4.79 Å². The lowest BCUT2D eigenvalue weighted by atomic mass is 10.1. The Balaban J connectivity index is 2.22. The molecule has 86 valence electrons. The molecule has 0 fully saturated rings. The van der Waals surface area contributed by atoms with Gasteiger partial charge < -0.3 is 15.8 Å². The molecule has 1 aromatic rings. The number of amides is 1. The smallest absolute Gasteiger partial charge is 0.245 e. The van der Waals surface area contributed by atoms with Gasteiger partial charge in [0.2, 0.25) is 5.91 Å². The molecule has 1 aromatic carbocycles. The normalized spacial score (nSPS) is 20.2. The van der Waals surface area contributed by atoms with E-state index in [4.69, 9.17) is 10.5 Å². The zero-order chi connectivity index (χ0) is 11.7. The monoisotopic (exact) mass is 220 g/mol. The molecule has 4 nitrogen and oxygen atoms in total. The molecule has 2 unspecified atom stereocenters. The number of hydrogen-bond acceptors (Lipinski definition) is 3. The number of ether oxygens (including phenoxy) is 1. The van der Waals surface area contributed by atoms with Crippen LogP contribution in [0.5, 0.6) is 5.75 Å². The van der Waals surface area contributed by atoms with Gasteiger partial charge in [0, 0.05) is 17.3 Å². The average Bonchev–Trinajstić information content (AvgIpc) is 2.54. The summed E-state index contributed by atoms with van der Waals surface area (Å²) < 4.78 is 5.67. The highest BCUT2D eigenvalue weighted by molar-refractivity contribution is 6.02. The van der Waals surface area contributed by atoms with Crippen LogP contribution in [0.25, 0.3) is 0 Å². The Morgan fingerprint density at radius 3 is 3.00 bits per heavy atom. The minimum Gasteiger partial charge on any atom is -0.491 e. The molecule has 0 saturated carbocycles. The zero-order valence-corrected chi connectivity index (χ0v) is 9.49. The summed E-state index contributed by atoms with van der Waals surface area (Å²) in [7, 11) is 0. The van der Waals surface area contributed by atoms with Gasteiger partial charge in [0.05, 0.1) is 6.10 Å². The van der Waals surface area contributed by atoms with Crippen molar-refractivity contribution in [2.75, 3.05) is 5.32 Å². The summed E-state index contributed by atoms with van der Waals surface area (Å²) in [4.78, 5) is 11.3. The maximum atomic E-state index is 11.3. The van der Waals surface area contributed by atoms with Gasteiger partial charge in [-0.1, -0.05) is 13.0 Å². The van der Waals surface area contributed by atoms with E-state index in [9.17, 15) is 4.79 Å². The van der Waals surface area contributed by atoms with Gasteiger partial charge in [-0.05, 0) is 19.4 Å². The Morgan fingerprint density at radius 1 is 1.56 bits per heavy atom. The lowest BCUT2D eigenvalue weighted by Gasteiger charge is -2.13. The second-order valence-electron chi connectivity index (χ2n) is 4.05. The van der Waals surface area contributed by atoms with Crippen molar-refractivity contribution in [1.82, 2.24) is 0 Å². The van der Waals surface area contributed by atoms with Crippen molar-refractivity contribution in [3.63, 3.8) is 0 Å². The Morgan fingerprint density at radius 2 is 2.31 bits per heavy atom. The minimum absolute atomic E-state index is 0.157. The summed E-state index contributed by atoms with van der Waals surface area (Å²) in [6, 6.07) is 4.97. The maximum absolute atomic E-state index is 11.3. The van der Waals surface area contributed by atoms with E-state index in [1.165, 1.54) is 0 Å². The number of hydrogen-bond donors (Lipinski definition) is 2. The van der Waals surface area contributed by atoms with E-state index in [-0.39, 0.29) is 12.0 Å². The van der Waals surface area contributed by atoms with E-state index in [1.807, 2.05) is 25.1 Å². The molecule has 2 rings (SSSR count). The first kappa shape index (κ1) is 11.0. The molecule has 0 aromatic heterocycles. The second-order valence-corrected chi connectivity index (χ2v) is 4.05. The summed E-state index contributed by atoms with van der Waals surface area (Å²) in [6.45, 7) is 4.08. The summed E-state index contributed by atoms with van der Waals surface area (Å²) >= 11 is 0. The summed E-state index contributed by atoms with van der Waals surface area (Å²) in [5, 5.41) is 2.73. The van der Waals surface area contributed by atoms with Gasteiger partial charge in [-0.2, -0.15) is 0 Å². The van der Waals surface area contributed by atoms with Crippen LogP contribution in [0.2, 0.25) is 0 Å². The molecule has 0 spiro atoms. The molecule has 3 N–H and O–H groups in total. The predicted octanol–water partition coefficient (Wildman–Crippen LogP) is 1.82. The van der Waals surface area contributed by atoms with Gasteiger partial charge in [0.1, 0.15) is 11.8 Å². The molecule has 0 saturated heterocycles. The summed E-state index contributed by atoms with van der Waals surface area (Å²) in [6.07, 6.45) is 1.12. The Labute approximate surface area is 94.8 Å². The van der Waals surface area contributed by atoms with Crippen molar-refractivity contribution in [2.24, 2.45) is 5.73 Å². The second kappa shape index (κ2) is 4.14. The lowest BCUT2D eigenvalue weighted by Crippen LogP contribution is -2.19. The number of benzene rings is 1. The fourth-order valence-electron chi connectivity index (χ4n) is 1.66. The topological polar surface area (TPSA) is 64.3 Å². The fraction of sp³-hybridized carbons (Fsp3) is 0.417. The van der Waals surface area contributed by atoms with E-state index < -0.39 is 6.04 Å². The van der Waals surface area contributed by atoms with E-state index in [0.29, 0.717) is 0 Å². The number of rotatable bonds is 3. The number of nitrogens with two attached hydrogens (primary N) is 1. The first-order valence-electron chi connectivity index (χ1n) is 5.49. The van der Waals surface area contributed by atoms with E-state index >= 15 is 0 Å². The van der Waals surface area contributed by atoms with Crippen LogP contribution in [0.1, 0.15) is 31.9 Å². The molecule has 1 aliphatic heterocycles. The van der Waals surface area contributed by atoms with Crippen molar-refractivity contribution in [3.8, 4) is 5.75 Å². The van der Waals surface area contributed by atoms with Crippen molar-refractivity contribution < 1.29 is 9.53 Å². The van der Waals surface area contributed by atoms with E-state index in [0.717, 1.165) is 23.4 Å². The Bertz CT molecular complexity index is 417. The molecule has 0 radical (unpaired) electrons. The minimum atomic E-state index is -0.548. The number of carbonyl (C=O) groups excluding carboxylic acids is 1. The largest absolute Gasteiger partial charge is 0.491 e. The summed E-state index contributed by atoms with van der Waals surface area (Å²) in [5.74, 6) is 0.609. The Kier molecular flexibility index (Phi) is 2.83. The molecular formula is C12H16N2O2. The van der Waals surface area contributed by atoms with Crippen molar-refractivity contribution in [3.05, 3.63) is 23.8 Å². The van der Waals surface area contributed by atoms with Crippen molar-refractivity contribution >= 4 is 11.6 Å². The maximum Gasteiger partial charge on any atom is 0.245 e. The number of nitrogens with one attached hydrogen (secondary N) is 1. The van der Waals surface area contributed by atoms with Crippen LogP contribution in [0.15, 0.2) is 18.2 Å².